The van der Waals surface area contributed by atoms with Crippen LogP contribution in [0.3, 0.4) is 0 Å². The molecule has 0 aliphatic heterocycles. The van der Waals surface area contributed by atoms with Crippen LogP contribution in [-0.4, -0.2) is 22.2 Å². The highest BCUT2D eigenvalue weighted by Crippen LogP contribution is 1.96. The van der Waals surface area contributed by atoms with Gasteiger partial charge in [0.05, 0.1) is 5.56 Å². The number of aromatic carboxylic acids is 1. The van der Waals surface area contributed by atoms with E-state index in [2.05, 4.69) is 0 Å². The molecule has 0 heterocycles. The van der Waals surface area contributed by atoms with Gasteiger partial charge in [-0.05, 0) is 26.0 Å². The average molecular weight is 222 g/mol. The van der Waals surface area contributed by atoms with Crippen LogP contribution in [0, 0.1) is 0 Å². The Hall–Kier alpha value is -2.10. The number of hydrogen-bond donors (Lipinski definition) is 2. The molecule has 4 nitrogen and oxygen atoms in total. The summed E-state index contributed by atoms with van der Waals surface area (Å²) in [6.45, 7) is 3.49. The summed E-state index contributed by atoms with van der Waals surface area (Å²) >= 11 is 0. The highest BCUT2D eigenvalue weighted by molar-refractivity contribution is 5.87. The summed E-state index contributed by atoms with van der Waals surface area (Å²) in [4.78, 5) is 19.9. The third-order valence-electron chi connectivity index (χ3n) is 1.43. The summed E-state index contributed by atoms with van der Waals surface area (Å²) in [5.41, 5.74) is 1.14. The Kier molecular flexibility index (Phi) is 6.28. The molecule has 1 rings (SSSR count). The molecule has 16 heavy (non-hydrogen) atoms. The Labute approximate surface area is 93.8 Å². The molecule has 0 fully saturated rings. The first-order valence-corrected chi connectivity index (χ1v) is 4.59. The van der Waals surface area contributed by atoms with E-state index in [0.717, 1.165) is 5.57 Å². The van der Waals surface area contributed by atoms with Gasteiger partial charge in [0.15, 0.2) is 0 Å². The van der Waals surface area contributed by atoms with E-state index in [1.165, 1.54) is 6.08 Å². The van der Waals surface area contributed by atoms with Crippen molar-refractivity contribution in [2.75, 3.05) is 0 Å². The molecule has 86 valence electrons. The van der Waals surface area contributed by atoms with E-state index >= 15 is 0 Å². The Morgan fingerprint density at radius 2 is 1.56 bits per heavy atom. The zero-order valence-electron chi connectivity index (χ0n) is 9.18. The summed E-state index contributed by atoms with van der Waals surface area (Å²) < 4.78 is 0. The predicted molar refractivity (Wildman–Crippen MR) is 60.5 cm³/mol. The highest BCUT2D eigenvalue weighted by atomic mass is 16.4. The van der Waals surface area contributed by atoms with Crippen LogP contribution in [-0.2, 0) is 4.79 Å². The molecular formula is C12H14O4. The summed E-state index contributed by atoms with van der Waals surface area (Å²) in [6, 6.07) is 8.30. The number of carboxylic acids is 2. The zero-order chi connectivity index (χ0) is 12.6. The topological polar surface area (TPSA) is 74.6 Å². The van der Waals surface area contributed by atoms with E-state index in [4.69, 9.17) is 10.2 Å². The molecule has 0 aromatic heterocycles. The smallest absolute Gasteiger partial charge is 0.335 e. The predicted octanol–water partition coefficient (Wildman–Crippen LogP) is 2.42. The number of aliphatic carboxylic acids is 1. The number of carboxylic acid groups (broad SMARTS) is 2. The molecule has 0 amide bonds. The largest absolute Gasteiger partial charge is 0.478 e. The molecule has 0 unspecified atom stereocenters. The monoisotopic (exact) mass is 222 g/mol. The minimum absolute atomic E-state index is 0.331. The minimum atomic E-state index is -0.879. The van der Waals surface area contributed by atoms with Gasteiger partial charge in [-0.15, -0.1) is 0 Å². The second-order valence-corrected chi connectivity index (χ2v) is 3.23. The van der Waals surface area contributed by atoms with E-state index in [-0.39, 0.29) is 0 Å². The van der Waals surface area contributed by atoms with Crippen LogP contribution in [0.4, 0.5) is 0 Å². The number of carbonyl (C=O) groups is 2. The second-order valence-electron chi connectivity index (χ2n) is 3.23. The summed E-state index contributed by atoms with van der Waals surface area (Å²) in [5.74, 6) is -1.75. The first kappa shape index (κ1) is 13.9. The third kappa shape index (κ3) is 7.32. The molecule has 0 spiro atoms. The van der Waals surface area contributed by atoms with Crippen LogP contribution in [0.2, 0.25) is 0 Å². The molecule has 0 atom stereocenters. The minimum Gasteiger partial charge on any atom is -0.478 e. The Balaban J connectivity index is 0.000000293. The van der Waals surface area contributed by atoms with Gasteiger partial charge >= 0.3 is 11.9 Å². The second kappa shape index (κ2) is 7.23. The normalized spacial score (nSPS) is 8.38. The molecule has 0 radical (unpaired) electrons. The van der Waals surface area contributed by atoms with Crippen LogP contribution in [0.1, 0.15) is 24.2 Å². The van der Waals surface area contributed by atoms with Crippen LogP contribution in [0.5, 0.6) is 0 Å². The summed E-state index contributed by atoms with van der Waals surface area (Å²) in [7, 11) is 0. The van der Waals surface area contributed by atoms with Crippen LogP contribution in [0.25, 0.3) is 0 Å². The molecular weight excluding hydrogens is 208 g/mol. The molecule has 1 aromatic rings. The van der Waals surface area contributed by atoms with E-state index in [9.17, 15) is 9.59 Å². The van der Waals surface area contributed by atoms with Crippen LogP contribution in [0.15, 0.2) is 42.0 Å². The zero-order valence-corrected chi connectivity index (χ0v) is 9.18. The van der Waals surface area contributed by atoms with Crippen molar-refractivity contribution in [3.8, 4) is 0 Å². The summed E-state index contributed by atoms with van der Waals surface area (Å²) in [6.07, 6.45) is 1.17. The highest BCUT2D eigenvalue weighted by Gasteiger charge is 1.96. The van der Waals surface area contributed by atoms with Crippen molar-refractivity contribution in [2.45, 2.75) is 13.8 Å². The van der Waals surface area contributed by atoms with Gasteiger partial charge in [-0.2, -0.15) is 0 Å². The maximum absolute atomic E-state index is 10.2. The average Bonchev–Trinajstić information content (AvgIpc) is 2.17. The Bertz CT molecular complexity index is 375. The molecule has 1 aromatic carbocycles. The maximum Gasteiger partial charge on any atom is 0.335 e. The fourth-order valence-electron chi connectivity index (χ4n) is 0.828. The number of rotatable bonds is 2. The third-order valence-corrected chi connectivity index (χ3v) is 1.43. The first-order chi connectivity index (χ1) is 7.43. The Morgan fingerprint density at radius 1 is 1.06 bits per heavy atom. The van der Waals surface area contributed by atoms with E-state index in [1.54, 1.807) is 44.2 Å². The van der Waals surface area contributed by atoms with E-state index in [0.29, 0.717) is 5.56 Å². The number of allylic oxidation sites excluding steroid dienone is 1. The quantitative estimate of drug-likeness (QED) is 0.753. The van der Waals surface area contributed by atoms with Gasteiger partial charge in [-0.25, -0.2) is 9.59 Å². The molecule has 4 heteroatoms. The lowest BCUT2D eigenvalue weighted by atomic mass is 10.2. The SMILES string of the molecule is CC(C)=CC(=O)O.O=C(O)c1ccccc1. The van der Waals surface area contributed by atoms with Crippen molar-refractivity contribution < 1.29 is 19.8 Å². The molecule has 2 N–H and O–H groups in total. The van der Waals surface area contributed by atoms with Crippen molar-refractivity contribution >= 4 is 11.9 Å². The molecule has 0 aliphatic rings. The molecule has 0 aliphatic carbocycles. The van der Waals surface area contributed by atoms with Gasteiger partial charge in [0, 0.05) is 6.08 Å². The van der Waals surface area contributed by atoms with Crippen molar-refractivity contribution in [1.29, 1.82) is 0 Å². The first-order valence-electron chi connectivity index (χ1n) is 4.59. The van der Waals surface area contributed by atoms with Gasteiger partial charge < -0.3 is 10.2 Å². The van der Waals surface area contributed by atoms with Gasteiger partial charge in [0.1, 0.15) is 0 Å². The maximum atomic E-state index is 10.2. The van der Waals surface area contributed by atoms with Crippen molar-refractivity contribution in [2.24, 2.45) is 0 Å². The van der Waals surface area contributed by atoms with Crippen molar-refractivity contribution in [3.05, 3.63) is 47.5 Å². The van der Waals surface area contributed by atoms with Crippen molar-refractivity contribution in [3.63, 3.8) is 0 Å². The Morgan fingerprint density at radius 3 is 1.75 bits per heavy atom. The van der Waals surface area contributed by atoms with Gasteiger partial charge in [0.2, 0.25) is 0 Å². The number of hydrogen-bond acceptors (Lipinski definition) is 2. The van der Waals surface area contributed by atoms with Crippen LogP contribution < -0.4 is 0 Å². The van der Waals surface area contributed by atoms with E-state index < -0.39 is 11.9 Å². The lowest BCUT2D eigenvalue weighted by Gasteiger charge is -1.88. The van der Waals surface area contributed by atoms with Gasteiger partial charge in [0.25, 0.3) is 0 Å². The molecule has 0 saturated heterocycles. The lowest BCUT2D eigenvalue weighted by molar-refractivity contribution is -0.131. The molecule has 0 bridgehead atoms. The van der Waals surface area contributed by atoms with Crippen LogP contribution >= 0.6 is 0 Å². The lowest BCUT2D eigenvalue weighted by Crippen LogP contribution is -1.93. The van der Waals surface area contributed by atoms with Crippen molar-refractivity contribution in [1.82, 2.24) is 0 Å². The van der Waals surface area contributed by atoms with Gasteiger partial charge in [-0.3, -0.25) is 0 Å². The number of benzene rings is 1. The van der Waals surface area contributed by atoms with Gasteiger partial charge in [-0.1, -0.05) is 23.8 Å². The molecule has 0 saturated carbocycles. The summed E-state index contributed by atoms with van der Waals surface area (Å²) in [5, 5.41) is 16.4. The van der Waals surface area contributed by atoms with E-state index in [1.807, 2.05) is 0 Å². The standard InChI is InChI=1S/C7H6O2.C5H8O2/c8-7(9)6-4-2-1-3-5-6;1-4(2)3-5(6)7/h1-5H,(H,8,9);3H,1-2H3,(H,6,7). The fourth-order valence-corrected chi connectivity index (χ4v) is 0.828. The fraction of sp³-hybridized carbons (Fsp3) is 0.167.